The van der Waals surface area contributed by atoms with Gasteiger partial charge in [-0.3, -0.25) is 0 Å². The van der Waals surface area contributed by atoms with Crippen molar-refractivity contribution in [3.63, 3.8) is 0 Å². The number of ether oxygens (including phenoxy) is 1. The predicted molar refractivity (Wildman–Crippen MR) is 79.7 cm³/mol. The summed E-state index contributed by atoms with van der Waals surface area (Å²) in [5, 5.41) is 12.7. The molecular formula is C15H30N2O3. The van der Waals surface area contributed by atoms with Gasteiger partial charge in [-0.1, -0.05) is 0 Å². The minimum atomic E-state index is -0.351. The van der Waals surface area contributed by atoms with Crippen molar-refractivity contribution in [2.45, 2.75) is 64.7 Å². The summed E-state index contributed by atoms with van der Waals surface area (Å²) in [6.07, 6.45) is 2.37. The third kappa shape index (κ3) is 5.29. The first-order chi connectivity index (χ1) is 9.25. The molecule has 0 aromatic rings. The number of hydrogen-bond donors (Lipinski definition) is 2. The molecule has 1 rings (SSSR count). The third-order valence-electron chi connectivity index (χ3n) is 4.15. The molecule has 5 heteroatoms. The van der Waals surface area contributed by atoms with E-state index in [0.29, 0.717) is 6.54 Å². The number of nitrogens with zero attached hydrogens (tertiary/aromatic N) is 1. The molecular weight excluding hydrogens is 256 g/mol. The van der Waals surface area contributed by atoms with Crippen LogP contribution < -0.4 is 5.32 Å². The lowest BCUT2D eigenvalue weighted by atomic mass is 9.93. The maximum atomic E-state index is 12.2. The normalized spacial score (nSPS) is 23.3. The molecule has 0 spiro atoms. The van der Waals surface area contributed by atoms with Crippen LogP contribution in [0.15, 0.2) is 0 Å². The molecule has 5 nitrogen and oxygen atoms in total. The topological polar surface area (TPSA) is 61.8 Å². The van der Waals surface area contributed by atoms with Crippen LogP contribution in [0.25, 0.3) is 0 Å². The summed E-state index contributed by atoms with van der Waals surface area (Å²) in [5.41, 5.74) is -0.239. The van der Waals surface area contributed by atoms with Crippen LogP contribution in [0.2, 0.25) is 0 Å². The van der Waals surface area contributed by atoms with Crippen LogP contribution in [0.3, 0.4) is 0 Å². The van der Waals surface area contributed by atoms with Gasteiger partial charge in [-0.15, -0.1) is 0 Å². The SMILES string of the molecule is COC(C)(C)CC(C)NC(=O)N1CCCC(C(C)O)C1. The zero-order valence-electron chi connectivity index (χ0n) is 13.5. The summed E-state index contributed by atoms with van der Waals surface area (Å²) >= 11 is 0. The summed E-state index contributed by atoms with van der Waals surface area (Å²) in [4.78, 5) is 14.1. The first kappa shape index (κ1) is 17.2. The number of likely N-dealkylation sites (tertiary alicyclic amines) is 1. The van der Waals surface area contributed by atoms with Crippen molar-refractivity contribution in [3.8, 4) is 0 Å². The number of carbonyl (C=O) groups excluding carboxylic acids is 1. The van der Waals surface area contributed by atoms with Crippen LogP contribution in [-0.2, 0) is 4.74 Å². The number of nitrogens with one attached hydrogen (secondary N) is 1. The molecule has 0 saturated carbocycles. The van der Waals surface area contributed by atoms with Crippen molar-refractivity contribution in [1.29, 1.82) is 0 Å². The minimum absolute atomic E-state index is 0.0326. The minimum Gasteiger partial charge on any atom is -0.393 e. The van der Waals surface area contributed by atoms with Crippen LogP contribution >= 0.6 is 0 Å². The van der Waals surface area contributed by atoms with Gasteiger partial charge in [0.2, 0.25) is 0 Å². The Kier molecular flexibility index (Phi) is 6.27. The number of piperidine rings is 1. The van der Waals surface area contributed by atoms with E-state index in [1.807, 2.05) is 25.7 Å². The maximum absolute atomic E-state index is 12.2. The number of urea groups is 1. The Hall–Kier alpha value is -0.810. The van der Waals surface area contributed by atoms with E-state index in [9.17, 15) is 9.90 Å². The fourth-order valence-corrected chi connectivity index (χ4v) is 2.76. The molecule has 1 fully saturated rings. The number of aliphatic hydroxyl groups excluding tert-OH is 1. The molecule has 1 aliphatic rings. The van der Waals surface area contributed by atoms with Gasteiger partial charge in [0.05, 0.1) is 11.7 Å². The highest BCUT2D eigenvalue weighted by Gasteiger charge is 2.28. The fourth-order valence-electron chi connectivity index (χ4n) is 2.76. The summed E-state index contributed by atoms with van der Waals surface area (Å²) in [5.74, 6) is 0.195. The first-order valence-electron chi connectivity index (χ1n) is 7.54. The molecule has 1 saturated heterocycles. The van der Waals surface area contributed by atoms with Gasteiger partial charge >= 0.3 is 6.03 Å². The lowest BCUT2D eigenvalue weighted by molar-refractivity contribution is 0.00880. The van der Waals surface area contributed by atoms with E-state index in [-0.39, 0.29) is 29.7 Å². The van der Waals surface area contributed by atoms with Gasteiger partial charge < -0.3 is 20.1 Å². The Bertz CT molecular complexity index is 318. The van der Waals surface area contributed by atoms with Gasteiger partial charge in [0.15, 0.2) is 0 Å². The van der Waals surface area contributed by atoms with Gasteiger partial charge in [0.1, 0.15) is 0 Å². The standard InChI is InChI=1S/C15H30N2O3/c1-11(9-15(3,4)20-5)16-14(19)17-8-6-7-13(10-17)12(2)18/h11-13,18H,6-10H2,1-5H3,(H,16,19). The number of amides is 2. The van der Waals surface area contributed by atoms with Gasteiger partial charge in [-0.25, -0.2) is 4.79 Å². The average molecular weight is 286 g/mol. The molecule has 1 heterocycles. The van der Waals surface area contributed by atoms with Gasteiger partial charge in [0, 0.05) is 32.2 Å². The smallest absolute Gasteiger partial charge is 0.317 e. The summed E-state index contributed by atoms with van der Waals surface area (Å²) in [7, 11) is 1.69. The van der Waals surface area contributed by atoms with E-state index in [1.54, 1.807) is 14.0 Å². The molecule has 118 valence electrons. The quantitative estimate of drug-likeness (QED) is 0.812. The third-order valence-corrected chi connectivity index (χ3v) is 4.15. The van der Waals surface area contributed by atoms with E-state index in [1.165, 1.54) is 0 Å². The highest BCUT2D eigenvalue weighted by Crippen LogP contribution is 2.20. The van der Waals surface area contributed by atoms with Crippen molar-refractivity contribution in [2.24, 2.45) is 5.92 Å². The van der Waals surface area contributed by atoms with Crippen molar-refractivity contribution in [1.82, 2.24) is 10.2 Å². The molecule has 3 atom stereocenters. The summed E-state index contributed by atoms with van der Waals surface area (Å²) in [6, 6.07) is 0.0270. The lowest BCUT2D eigenvalue weighted by Crippen LogP contribution is -2.50. The highest BCUT2D eigenvalue weighted by atomic mass is 16.5. The maximum Gasteiger partial charge on any atom is 0.317 e. The van der Waals surface area contributed by atoms with Gasteiger partial charge in [0.25, 0.3) is 0 Å². The van der Waals surface area contributed by atoms with E-state index in [4.69, 9.17) is 4.74 Å². The number of carbonyl (C=O) groups is 1. The Labute approximate surface area is 122 Å². The Morgan fingerprint density at radius 1 is 1.50 bits per heavy atom. The molecule has 0 aromatic carbocycles. The Balaban J connectivity index is 2.45. The number of aliphatic hydroxyl groups is 1. The second-order valence-electron chi connectivity index (χ2n) is 6.61. The monoisotopic (exact) mass is 286 g/mol. The lowest BCUT2D eigenvalue weighted by Gasteiger charge is -2.35. The zero-order chi connectivity index (χ0) is 15.3. The second-order valence-corrected chi connectivity index (χ2v) is 6.61. The number of methoxy groups -OCH3 is 1. The fraction of sp³-hybridized carbons (Fsp3) is 0.933. The van der Waals surface area contributed by atoms with Crippen LogP contribution in [0, 0.1) is 5.92 Å². The van der Waals surface area contributed by atoms with E-state index in [0.717, 1.165) is 25.8 Å². The zero-order valence-corrected chi connectivity index (χ0v) is 13.5. The largest absolute Gasteiger partial charge is 0.393 e. The van der Waals surface area contributed by atoms with Crippen molar-refractivity contribution >= 4 is 6.03 Å². The Morgan fingerprint density at radius 3 is 2.70 bits per heavy atom. The van der Waals surface area contributed by atoms with Gasteiger partial charge in [-0.2, -0.15) is 0 Å². The summed E-state index contributed by atoms with van der Waals surface area (Å²) in [6.45, 7) is 9.24. The summed E-state index contributed by atoms with van der Waals surface area (Å²) < 4.78 is 5.39. The Morgan fingerprint density at radius 2 is 2.15 bits per heavy atom. The van der Waals surface area contributed by atoms with E-state index < -0.39 is 0 Å². The molecule has 1 aliphatic heterocycles. The number of rotatable bonds is 5. The molecule has 2 N–H and O–H groups in total. The van der Waals surface area contributed by atoms with Crippen molar-refractivity contribution in [3.05, 3.63) is 0 Å². The predicted octanol–water partition coefficient (Wildman–Crippen LogP) is 1.99. The highest BCUT2D eigenvalue weighted by molar-refractivity contribution is 5.74. The van der Waals surface area contributed by atoms with E-state index >= 15 is 0 Å². The molecule has 0 bridgehead atoms. The first-order valence-corrected chi connectivity index (χ1v) is 7.54. The average Bonchev–Trinajstić information content (AvgIpc) is 2.38. The molecule has 2 amide bonds. The second kappa shape index (κ2) is 7.27. The van der Waals surface area contributed by atoms with Crippen LogP contribution in [-0.4, -0.2) is 54.0 Å². The molecule has 0 aliphatic carbocycles. The molecule has 0 radical (unpaired) electrons. The molecule has 3 unspecified atom stereocenters. The molecule has 20 heavy (non-hydrogen) atoms. The molecule has 0 aromatic heterocycles. The van der Waals surface area contributed by atoms with E-state index in [2.05, 4.69) is 5.32 Å². The van der Waals surface area contributed by atoms with Gasteiger partial charge in [-0.05, 0) is 47.0 Å². The van der Waals surface area contributed by atoms with Crippen LogP contribution in [0.4, 0.5) is 4.79 Å². The van der Waals surface area contributed by atoms with Crippen molar-refractivity contribution < 1.29 is 14.6 Å². The van der Waals surface area contributed by atoms with Crippen LogP contribution in [0.1, 0.15) is 47.0 Å². The van der Waals surface area contributed by atoms with Crippen molar-refractivity contribution in [2.75, 3.05) is 20.2 Å². The number of hydrogen-bond acceptors (Lipinski definition) is 3. The van der Waals surface area contributed by atoms with Crippen LogP contribution in [0.5, 0.6) is 0 Å².